The SMILES string of the molecule is C=CC/C=C/C(=O)Oc1cc(C(O)CNC(C)C)ccc1OC(=O)C1CC(C)(C)C1.Cl. The lowest BCUT2D eigenvalue weighted by Gasteiger charge is -2.40. The summed E-state index contributed by atoms with van der Waals surface area (Å²) in [7, 11) is 0. The van der Waals surface area contributed by atoms with E-state index in [1.165, 1.54) is 6.08 Å². The highest BCUT2D eigenvalue weighted by atomic mass is 35.5. The fourth-order valence-electron chi connectivity index (χ4n) is 3.40. The van der Waals surface area contributed by atoms with E-state index in [1.54, 1.807) is 30.4 Å². The number of carbonyl (C=O) groups excluding carboxylic acids is 2. The molecule has 1 aliphatic rings. The van der Waals surface area contributed by atoms with E-state index in [9.17, 15) is 14.7 Å². The zero-order valence-electron chi connectivity index (χ0n) is 18.7. The molecular formula is C24H34ClNO5. The molecule has 7 heteroatoms. The summed E-state index contributed by atoms with van der Waals surface area (Å²) in [6.45, 7) is 12.1. The number of nitrogens with one attached hydrogen (secondary N) is 1. The Bertz CT molecular complexity index is 795. The molecule has 2 rings (SSSR count). The van der Waals surface area contributed by atoms with Crippen molar-refractivity contribution in [2.24, 2.45) is 11.3 Å². The van der Waals surface area contributed by atoms with Gasteiger partial charge in [-0.15, -0.1) is 19.0 Å². The second-order valence-electron chi connectivity index (χ2n) is 8.82. The molecule has 172 valence electrons. The standard InChI is InChI=1S/C24H33NO5.ClH/c1-6-7-8-9-22(27)29-21-12-17(19(26)15-25-16(2)3)10-11-20(21)30-23(28)18-13-24(4,5)14-18;/h6,8-12,16,18-19,25-26H,1,7,13-15H2,2-5H3;1H/b9-8+;. The first-order chi connectivity index (χ1) is 14.1. The van der Waals surface area contributed by atoms with Crippen molar-refractivity contribution < 1.29 is 24.2 Å². The first-order valence-electron chi connectivity index (χ1n) is 10.4. The molecule has 0 amide bonds. The predicted molar refractivity (Wildman–Crippen MR) is 124 cm³/mol. The maximum Gasteiger partial charge on any atom is 0.335 e. The van der Waals surface area contributed by atoms with Crippen LogP contribution in [-0.2, 0) is 9.59 Å². The molecule has 1 aromatic rings. The molecule has 0 heterocycles. The first-order valence-corrected chi connectivity index (χ1v) is 10.4. The van der Waals surface area contributed by atoms with Crippen LogP contribution in [0.25, 0.3) is 0 Å². The smallest absolute Gasteiger partial charge is 0.335 e. The molecule has 0 aromatic heterocycles. The van der Waals surface area contributed by atoms with Crippen LogP contribution in [0.3, 0.4) is 0 Å². The molecule has 1 fully saturated rings. The maximum atomic E-state index is 12.5. The molecule has 1 aliphatic carbocycles. The molecule has 1 atom stereocenters. The van der Waals surface area contributed by atoms with Gasteiger partial charge < -0.3 is 19.9 Å². The molecule has 0 bridgehead atoms. The zero-order chi connectivity index (χ0) is 22.3. The zero-order valence-corrected chi connectivity index (χ0v) is 19.5. The number of carbonyl (C=O) groups is 2. The minimum Gasteiger partial charge on any atom is -0.422 e. The Balaban J connectivity index is 0.00000480. The summed E-state index contributed by atoms with van der Waals surface area (Å²) in [4.78, 5) is 24.6. The van der Waals surface area contributed by atoms with E-state index < -0.39 is 12.1 Å². The summed E-state index contributed by atoms with van der Waals surface area (Å²) in [6.07, 6.45) is 5.86. The van der Waals surface area contributed by atoms with Crippen LogP contribution in [0.15, 0.2) is 43.0 Å². The summed E-state index contributed by atoms with van der Waals surface area (Å²) in [5.74, 6) is -0.801. The lowest BCUT2D eigenvalue weighted by molar-refractivity contribution is -0.146. The third-order valence-electron chi connectivity index (χ3n) is 4.98. The average Bonchev–Trinajstić information content (AvgIpc) is 2.65. The van der Waals surface area contributed by atoms with Gasteiger partial charge in [-0.2, -0.15) is 0 Å². The van der Waals surface area contributed by atoms with E-state index in [4.69, 9.17) is 9.47 Å². The van der Waals surface area contributed by atoms with Gasteiger partial charge in [0.15, 0.2) is 11.5 Å². The summed E-state index contributed by atoms with van der Waals surface area (Å²) < 4.78 is 11.0. The highest BCUT2D eigenvalue weighted by molar-refractivity contribution is 5.85. The Morgan fingerprint density at radius 1 is 1.26 bits per heavy atom. The number of aliphatic hydroxyl groups excluding tert-OH is 1. The van der Waals surface area contributed by atoms with Gasteiger partial charge in [0.2, 0.25) is 0 Å². The van der Waals surface area contributed by atoms with Crippen molar-refractivity contribution in [1.82, 2.24) is 5.32 Å². The Morgan fingerprint density at radius 3 is 2.52 bits per heavy atom. The van der Waals surface area contributed by atoms with Crippen molar-refractivity contribution in [1.29, 1.82) is 0 Å². The van der Waals surface area contributed by atoms with Gasteiger partial charge >= 0.3 is 11.9 Å². The average molecular weight is 452 g/mol. The minimum absolute atomic E-state index is 0. The highest BCUT2D eigenvalue weighted by Crippen LogP contribution is 2.45. The van der Waals surface area contributed by atoms with Crippen molar-refractivity contribution in [3.05, 3.63) is 48.6 Å². The second kappa shape index (κ2) is 12.0. The van der Waals surface area contributed by atoms with Gasteiger partial charge in [0, 0.05) is 18.7 Å². The van der Waals surface area contributed by atoms with Crippen LogP contribution < -0.4 is 14.8 Å². The highest BCUT2D eigenvalue weighted by Gasteiger charge is 2.41. The lowest BCUT2D eigenvalue weighted by atomic mass is 9.64. The van der Waals surface area contributed by atoms with Crippen molar-refractivity contribution in [2.45, 2.75) is 59.1 Å². The number of esters is 2. The van der Waals surface area contributed by atoms with Gasteiger partial charge in [-0.25, -0.2) is 4.79 Å². The van der Waals surface area contributed by atoms with E-state index in [0.29, 0.717) is 18.5 Å². The number of allylic oxidation sites excluding steroid dienone is 2. The van der Waals surface area contributed by atoms with E-state index in [-0.39, 0.29) is 47.3 Å². The summed E-state index contributed by atoms with van der Waals surface area (Å²) in [6, 6.07) is 4.99. The lowest BCUT2D eigenvalue weighted by Crippen LogP contribution is -2.38. The molecule has 0 radical (unpaired) electrons. The van der Waals surface area contributed by atoms with E-state index in [0.717, 1.165) is 12.8 Å². The Morgan fingerprint density at radius 2 is 1.94 bits per heavy atom. The van der Waals surface area contributed by atoms with Crippen LogP contribution in [-0.4, -0.2) is 29.6 Å². The molecule has 6 nitrogen and oxygen atoms in total. The fraction of sp³-hybridized carbons (Fsp3) is 0.500. The molecule has 31 heavy (non-hydrogen) atoms. The monoisotopic (exact) mass is 451 g/mol. The van der Waals surface area contributed by atoms with Crippen LogP contribution in [0.4, 0.5) is 0 Å². The number of halogens is 1. The van der Waals surface area contributed by atoms with E-state index in [1.807, 2.05) is 13.8 Å². The Hall–Kier alpha value is -2.15. The molecular weight excluding hydrogens is 418 g/mol. The van der Waals surface area contributed by atoms with Crippen LogP contribution in [0.2, 0.25) is 0 Å². The summed E-state index contributed by atoms with van der Waals surface area (Å²) in [5.41, 5.74) is 0.706. The number of aliphatic hydroxyl groups is 1. The fourth-order valence-corrected chi connectivity index (χ4v) is 3.40. The number of benzene rings is 1. The number of hydrogen-bond acceptors (Lipinski definition) is 6. The quantitative estimate of drug-likeness (QED) is 0.235. The second-order valence-corrected chi connectivity index (χ2v) is 8.82. The number of ether oxygens (including phenoxy) is 2. The Labute approximate surface area is 191 Å². The third kappa shape index (κ3) is 8.48. The third-order valence-corrected chi connectivity index (χ3v) is 4.98. The number of hydrogen-bond donors (Lipinski definition) is 2. The molecule has 1 unspecified atom stereocenters. The number of rotatable bonds is 10. The molecule has 0 spiro atoms. The summed E-state index contributed by atoms with van der Waals surface area (Å²) in [5, 5.41) is 13.6. The largest absolute Gasteiger partial charge is 0.422 e. The van der Waals surface area contributed by atoms with E-state index in [2.05, 4.69) is 25.7 Å². The van der Waals surface area contributed by atoms with E-state index >= 15 is 0 Å². The van der Waals surface area contributed by atoms with Gasteiger partial charge in [0.05, 0.1) is 12.0 Å². The van der Waals surface area contributed by atoms with Crippen molar-refractivity contribution in [3.63, 3.8) is 0 Å². The Kier molecular flexibility index (Phi) is 10.4. The van der Waals surface area contributed by atoms with Gasteiger partial charge in [-0.1, -0.05) is 45.9 Å². The normalized spacial score (nSPS) is 16.3. The molecule has 0 saturated heterocycles. The van der Waals surface area contributed by atoms with Crippen molar-refractivity contribution in [3.8, 4) is 11.5 Å². The van der Waals surface area contributed by atoms with Crippen LogP contribution in [0.5, 0.6) is 11.5 Å². The molecule has 0 aliphatic heterocycles. The maximum absolute atomic E-state index is 12.5. The van der Waals surface area contributed by atoms with Gasteiger partial charge in [0.25, 0.3) is 0 Å². The predicted octanol–water partition coefficient (Wildman–Crippen LogP) is 4.52. The van der Waals surface area contributed by atoms with Crippen LogP contribution >= 0.6 is 12.4 Å². The van der Waals surface area contributed by atoms with Crippen molar-refractivity contribution in [2.75, 3.05) is 6.54 Å². The van der Waals surface area contributed by atoms with Gasteiger partial charge in [-0.3, -0.25) is 4.79 Å². The molecule has 1 saturated carbocycles. The van der Waals surface area contributed by atoms with Gasteiger partial charge in [0.1, 0.15) is 0 Å². The first kappa shape index (κ1) is 26.9. The van der Waals surface area contributed by atoms with Crippen LogP contribution in [0.1, 0.15) is 58.6 Å². The molecule has 2 N–H and O–H groups in total. The van der Waals surface area contributed by atoms with Crippen molar-refractivity contribution >= 4 is 24.3 Å². The van der Waals surface area contributed by atoms with Gasteiger partial charge in [-0.05, 0) is 42.4 Å². The topological polar surface area (TPSA) is 84.9 Å². The molecule has 1 aromatic carbocycles. The minimum atomic E-state index is -0.793. The summed E-state index contributed by atoms with van der Waals surface area (Å²) >= 11 is 0. The van der Waals surface area contributed by atoms with Crippen LogP contribution in [0, 0.1) is 11.3 Å².